The molecule has 0 bridgehead atoms. The Kier molecular flexibility index (Phi) is 27.1. The van der Waals surface area contributed by atoms with Crippen LogP contribution in [0.5, 0.6) is 0 Å². The molecule has 0 rings (SSSR count). The maximum absolute atomic E-state index is 10.3. The minimum absolute atomic E-state index is 0. The SMILES string of the molecule is CCOCC/C(=C/C(=O)[O-])C(=O)[O-].CCOCC/C(=C/C(=O)[O-])C(=O)[O-].[Mg+2].[Mg+2]. The van der Waals surface area contributed by atoms with Crippen LogP contribution in [0.15, 0.2) is 23.3 Å². The van der Waals surface area contributed by atoms with Gasteiger partial charge in [0.1, 0.15) is 0 Å². The Hall–Kier alpha value is -1.19. The molecule has 28 heavy (non-hydrogen) atoms. The summed E-state index contributed by atoms with van der Waals surface area (Å²) in [5.74, 6) is -6.11. The fourth-order valence-corrected chi connectivity index (χ4v) is 1.40. The van der Waals surface area contributed by atoms with Crippen LogP contribution >= 0.6 is 0 Å². The van der Waals surface area contributed by atoms with Crippen LogP contribution in [0.1, 0.15) is 26.7 Å². The molecular weight excluding hydrogens is 401 g/mol. The molecule has 0 N–H and O–H groups in total. The minimum Gasteiger partial charge on any atom is -0.545 e. The predicted octanol–water partition coefficient (Wildman–Crippen LogP) is -5.08. The van der Waals surface area contributed by atoms with Crippen LogP contribution < -0.4 is 20.4 Å². The van der Waals surface area contributed by atoms with Gasteiger partial charge in [-0.15, -0.1) is 0 Å². The monoisotopic (exact) mass is 420 g/mol. The van der Waals surface area contributed by atoms with Crippen molar-refractivity contribution in [2.75, 3.05) is 26.4 Å². The second kappa shape index (κ2) is 22.1. The van der Waals surface area contributed by atoms with E-state index >= 15 is 0 Å². The molecule has 0 amide bonds. The van der Waals surface area contributed by atoms with Crippen molar-refractivity contribution in [3.63, 3.8) is 0 Å². The molecular formula is C16H20Mg2O10. The average molecular weight is 421 g/mol. The largest absolute Gasteiger partial charge is 2.00 e. The van der Waals surface area contributed by atoms with E-state index in [1.54, 1.807) is 13.8 Å². The summed E-state index contributed by atoms with van der Waals surface area (Å²) in [6.45, 7) is 4.72. The molecule has 0 aromatic rings. The van der Waals surface area contributed by atoms with E-state index in [9.17, 15) is 39.6 Å². The number of carboxylic acid groups (broad SMARTS) is 4. The molecule has 10 nitrogen and oxygen atoms in total. The van der Waals surface area contributed by atoms with Crippen molar-refractivity contribution < 1.29 is 49.1 Å². The molecule has 0 aliphatic heterocycles. The van der Waals surface area contributed by atoms with E-state index in [4.69, 9.17) is 9.47 Å². The molecule has 0 saturated carbocycles. The van der Waals surface area contributed by atoms with E-state index in [0.717, 1.165) is 0 Å². The summed E-state index contributed by atoms with van der Waals surface area (Å²) >= 11 is 0. The quantitative estimate of drug-likeness (QED) is 0.168. The molecule has 0 fully saturated rings. The normalized spacial score (nSPS) is 10.5. The first-order valence-corrected chi connectivity index (χ1v) is 7.56. The van der Waals surface area contributed by atoms with Crippen LogP contribution in [0.25, 0.3) is 0 Å². The fourth-order valence-electron chi connectivity index (χ4n) is 1.40. The standard InChI is InChI=1S/2C8H12O5.2Mg/c2*1-2-13-4-3-6(8(11)12)5-7(9)10;;/h2*5H,2-4H2,1H3,(H,9,10)(H,11,12);;/q;;2*+2/p-4/b2*6-5-;;. The molecule has 0 unspecified atom stereocenters. The van der Waals surface area contributed by atoms with Gasteiger partial charge in [-0.2, -0.15) is 0 Å². The summed E-state index contributed by atoms with van der Waals surface area (Å²) in [6, 6.07) is 0. The van der Waals surface area contributed by atoms with Crippen LogP contribution in [-0.4, -0.2) is 96.4 Å². The minimum atomic E-state index is -1.55. The number of aliphatic carboxylic acids is 4. The van der Waals surface area contributed by atoms with Crippen molar-refractivity contribution in [3.05, 3.63) is 23.3 Å². The Labute approximate surface area is 194 Å². The van der Waals surface area contributed by atoms with Crippen molar-refractivity contribution in [1.82, 2.24) is 0 Å². The second-order valence-corrected chi connectivity index (χ2v) is 4.45. The number of hydrogen-bond donors (Lipinski definition) is 0. The maximum Gasteiger partial charge on any atom is 2.00 e. The first kappa shape index (κ1) is 34.3. The Bertz CT molecular complexity index is 496. The number of carbonyl (C=O) groups excluding carboxylic acids is 4. The van der Waals surface area contributed by atoms with Gasteiger partial charge in [0.25, 0.3) is 0 Å². The van der Waals surface area contributed by atoms with Gasteiger partial charge in [0.15, 0.2) is 0 Å². The molecule has 0 atom stereocenters. The first-order valence-electron chi connectivity index (χ1n) is 7.56. The molecule has 0 radical (unpaired) electrons. The van der Waals surface area contributed by atoms with Crippen molar-refractivity contribution in [3.8, 4) is 0 Å². The zero-order valence-corrected chi connectivity index (χ0v) is 18.7. The van der Waals surface area contributed by atoms with Gasteiger partial charge in [-0.3, -0.25) is 0 Å². The number of ether oxygens (including phenoxy) is 2. The predicted molar refractivity (Wildman–Crippen MR) is 89.9 cm³/mol. The van der Waals surface area contributed by atoms with E-state index in [0.29, 0.717) is 25.4 Å². The number of carboxylic acids is 4. The van der Waals surface area contributed by atoms with Crippen molar-refractivity contribution in [1.29, 1.82) is 0 Å². The van der Waals surface area contributed by atoms with Crippen LogP contribution in [0.3, 0.4) is 0 Å². The number of hydrogen-bond acceptors (Lipinski definition) is 10. The van der Waals surface area contributed by atoms with E-state index in [2.05, 4.69) is 0 Å². The van der Waals surface area contributed by atoms with Crippen LogP contribution in [-0.2, 0) is 28.7 Å². The summed E-state index contributed by atoms with van der Waals surface area (Å²) in [5.41, 5.74) is -0.651. The van der Waals surface area contributed by atoms with Crippen LogP contribution in [0.2, 0.25) is 0 Å². The summed E-state index contributed by atoms with van der Waals surface area (Å²) in [6.07, 6.45) is 1.02. The van der Waals surface area contributed by atoms with Gasteiger partial charge in [-0.05, 0) is 50.0 Å². The van der Waals surface area contributed by atoms with Crippen molar-refractivity contribution >= 4 is 70.0 Å². The Morgan fingerprint density at radius 1 is 0.679 bits per heavy atom. The molecule has 0 aromatic heterocycles. The molecule has 0 aliphatic carbocycles. The summed E-state index contributed by atoms with van der Waals surface area (Å²) in [4.78, 5) is 40.7. The van der Waals surface area contributed by atoms with Gasteiger partial charge in [-0.1, -0.05) is 0 Å². The summed E-state index contributed by atoms with van der Waals surface area (Å²) in [7, 11) is 0. The molecule has 0 aliphatic rings. The third kappa shape index (κ3) is 22.9. The Morgan fingerprint density at radius 2 is 0.964 bits per heavy atom. The number of carbonyl (C=O) groups is 4. The first-order chi connectivity index (χ1) is 12.1. The third-order valence-corrected chi connectivity index (χ3v) is 2.55. The van der Waals surface area contributed by atoms with Gasteiger partial charge in [-0.25, -0.2) is 0 Å². The Morgan fingerprint density at radius 3 is 1.14 bits per heavy atom. The van der Waals surface area contributed by atoms with Gasteiger partial charge >= 0.3 is 46.1 Å². The van der Waals surface area contributed by atoms with Gasteiger partial charge < -0.3 is 49.1 Å². The molecule has 0 spiro atoms. The van der Waals surface area contributed by atoms with Crippen LogP contribution in [0.4, 0.5) is 0 Å². The Balaban J connectivity index is -0.000000192. The fraction of sp³-hybridized carbons (Fsp3) is 0.500. The average Bonchev–Trinajstić information content (AvgIpc) is 2.53. The molecule has 0 heterocycles. The molecule has 0 aromatic carbocycles. The molecule has 0 saturated heterocycles. The second-order valence-electron chi connectivity index (χ2n) is 4.45. The van der Waals surface area contributed by atoms with Crippen molar-refractivity contribution in [2.24, 2.45) is 0 Å². The third-order valence-electron chi connectivity index (χ3n) is 2.55. The topological polar surface area (TPSA) is 179 Å². The van der Waals surface area contributed by atoms with Crippen LogP contribution in [0, 0.1) is 0 Å². The van der Waals surface area contributed by atoms with E-state index in [1.807, 2.05) is 0 Å². The molecule has 148 valence electrons. The zero-order valence-electron chi connectivity index (χ0n) is 15.9. The van der Waals surface area contributed by atoms with Gasteiger partial charge in [0.2, 0.25) is 0 Å². The van der Waals surface area contributed by atoms with E-state index in [-0.39, 0.29) is 83.3 Å². The summed E-state index contributed by atoms with van der Waals surface area (Å²) < 4.78 is 9.70. The van der Waals surface area contributed by atoms with Crippen molar-refractivity contribution in [2.45, 2.75) is 26.7 Å². The van der Waals surface area contributed by atoms with E-state index < -0.39 is 23.9 Å². The smallest absolute Gasteiger partial charge is 0.545 e. The zero-order chi connectivity index (χ0) is 20.5. The maximum atomic E-state index is 10.3. The van der Waals surface area contributed by atoms with Gasteiger partial charge in [0.05, 0.1) is 37.1 Å². The number of rotatable bonds is 12. The van der Waals surface area contributed by atoms with Gasteiger partial charge in [0, 0.05) is 13.2 Å². The van der Waals surface area contributed by atoms with E-state index in [1.165, 1.54) is 0 Å². The summed E-state index contributed by atoms with van der Waals surface area (Å²) in [5, 5.41) is 40.7. The molecule has 12 heteroatoms.